The van der Waals surface area contributed by atoms with Crippen LogP contribution in [-0.2, 0) is 0 Å². The summed E-state index contributed by atoms with van der Waals surface area (Å²) in [7, 11) is 0. The zero-order chi connectivity index (χ0) is 13.0. The van der Waals surface area contributed by atoms with Gasteiger partial charge in [-0.3, -0.25) is 4.79 Å². The molecule has 2 N–H and O–H groups in total. The first kappa shape index (κ1) is 13.7. The number of nitrogens with zero attached hydrogens (tertiary/aromatic N) is 2. The fourth-order valence-electron chi connectivity index (χ4n) is 2.39. The van der Waals surface area contributed by atoms with E-state index in [1.54, 1.807) is 0 Å². The molecule has 1 heterocycles. The second kappa shape index (κ2) is 6.45. The van der Waals surface area contributed by atoms with Crippen LogP contribution >= 0.6 is 22.9 Å². The fourth-order valence-corrected chi connectivity index (χ4v) is 3.13. The number of amides is 1. The molecule has 7 heteroatoms. The van der Waals surface area contributed by atoms with Gasteiger partial charge in [0.1, 0.15) is 0 Å². The molecule has 2 rings (SSSR count). The second-order valence-corrected chi connectivity index (χ2v) is 6.12. The Kier molecular flexibility index (Phi) is 4.91. The summed E-state index contributed by atoms with van der Waals surface area (Å²) >= 11 is 6.70. The SMILES string of the molecule is O=C(NCC1CCCCC1CO)c1nnc(Cl)s1. The second-order valence-electron chi connectivity index (χ2n) is 4.56. The van der Waals surface area contributed by atoms with E-state index < -0.39 is 0 Å². The lowest BCUT2D eigenvalue weighted by molar-refractivity contribution is 0.0908. The summed E-state index contributed by atoms with van der Waals surface area (Å²) in [6.07, 6.45) is 4.44. The maximum Gasteiger partial charge on any atom is 0.282 e. The Morgan fingerprint density at radius 3 is 2.72 bits per heavy atom. The molecule has 18 heavy (non-hydrogen) atoms. The van der Waals surface area contributed by atoms with E-state index in [1.807, 2.05) is 0 Å². The minimum absolute atomic E-state index is 0.200. The molecule has 0 aromatic carbocycles. The van der Waals surface area contributed by atoms with Crippen LogP contribution in [0.2, 0.25) is 4.47 Å². The summed E-state index contributed by atoms with van der Waals surface area (Å²) in [6, 6.07) is 0. The number of aliphatic hydroxyl groups excluding tert-OH is 1. The van der Waals surface area contributed by atoms with E-state index in [4.69, 9.17) is 11.6 Å². The molecule has 1 aromatic heterocycles. The molecule has 0 spiro atoms. The average molecular weight is 290 g/mol. The van der Waals surface area contributed by atoms with Crippen LogP contribution < -0.4 is 5.32 Å². The molecule has 100 valence electrons. The Bertz CT molecular complexity index is 413. The highest BCUT2D eigenvalue weighted by Gasteiger charge is 2.25. The van der Waals surface area contributed by atoms with Crippen LogP contribution in [0.1, 0.15) is 35.5 Å². The number of carbonyl (C=O) groups excluding carboxylic acids is 1. The molecule has 1 aliphatic rings. The number of rotatable bonds is 4. The van der Waals surface area contributed by atoms with Gasteiger partial charge in [0, 0.05) is 13.2 Å². The number of aliphatic hydroxyl groups is 1. The number of aromatic nitrogens is 2. The van der Waals surface area contributed by atoms with Crippen LogP contribution in [0.15, 0.2) is 0 Å². The lowest BCUT2D eigenvalue weighted by atomic mass is 9.79. The van der Waals surface area contributed by atoms with Crippen LogP contribution in [0.3, 0.4) is 0 Å². The molecular formula is C11H16ClN3O2S. The lowest BCUT2D eigenvalue weighted by Gasteiger charge is -2.30. The van der Waals surface area contributed by atoms with Gasteiger partial charge in [-0.25, -0.2) is 0 Å². The first-order valence-electron chi connectivity index (χ1n) is 6.08. The van der Waals surface area contributed by atoms with Crippen molar-refractivity contribution in [1.29, 1.82) is 0 Å². The van der Waals surface area contributed by atoms with Gasteiger partial charge in [0.15, 0.2) is 0 Å². The van der Waals surface area contributed by atoms with Crippen LogP contribution in [0, 0.1) is 11.8 Å². The van der Waals surface area contributed by atoms with E-state index >= 15 is 0 Å². The van der Waals surface area contributed by atoms with Crippen molar-refractivity contribution in [3.63, 3.8) is 0 Å². The minimum Gasteiger partial charge on any atom is -0.396 e. The van der Waals surface area contributed by atoms with Crippen molar-refractivity contribution < 1.29 is 9.90 Å². The third kappa shape index (κ3) is 3.40. The van der Waals surface area contributed by atoms with Crippen LogP contribution in [0.25, 0.3) is 0 Å². The molecule has 0 saturated heterocycles. The maximum atomic E-state index is 11.8. The van der Waals surface area contributed by atoms with Crippen molar-refractivity contribution in [2.75, 3.05) is 13.2 Å². The first-order valence-corrected chi connectivity index (χ1v) is 7.28. The maximum absolute atomic E-state index is 11.8. The van der Waals surface area contributed by atoms with Crippen molar-refractivity contribution in [3.8, 4) is 0 Å². The zero-order valence-electron chi connectivity index (χ0n) is 9.93. The summed E-state index contributed by atoms with van der Waals surface area (Å²) < 4.78 is 0.269. The fraction of sp³-hybridized carbons (Fsp3) is 0.727. The highest BCUT2D eigenvalue weighted by atomic mass is 35.5. The Morgan fingerprint density at radius 2 is 2.11 bits per heavy atom. The molecule has 1 amide bonds. The summed E-state index contributed by atoms with van der Waals surface area (Å²) in [4.78, 5) is 11.8. The van der Waals surface area contributed by atoms with Crippen molar-refractivity contribution in [1.82, 2.24) is 15.5 Å². The van der Waals surface area contributed by atoms with Crippen molar-refractivity contribution >= 4 is 28.8 Å². The Morgan fingerprint density at radius 1 is 1.39 bits per heavy atom. The first-order chi connectivity index (χ1) is 8.70. The molecule has 1 fully saturated rings. The normalized spacial score (nSPS) is 23.9. The number of hydrogen-bond acceptors (Lipinski definition) is 5. The molecule has 0 radical (unpaired) electrons. The highest BCUT2D eigenvalue weighted by molar-refractivity contribution is 7.17. The van der Waals surface area contributed by atoms with Gasteiger partial charge in [-0.15, -0.1) is 10.2 Å². The van der Waals surface area contributed by atoms with Gasteiger partial charge >= 0.3 is 0 Å². The molecular weight excluding hydrogens is 274 g/mol. The van der Waals surface area contributed by atoms with Gasteiger partial charge in [-0.05, 0) is 36.3 Å². The zero-order valence-corrected chi connectivity index (χ0v) is 11.5. The molecule has 2 atom stereocenters. The molecule has 2 unspecified atom stereocenters. The van der Waals surface area contributed by atoms with Crippen molar-refractivity contribution in [2.45, 2.75) is 25.7 Å². The third-order valence-corrected chi connectivity index (χ3v) is 4.44. The van der Waals surface area contributed by atoms with E-state index in [9.17, 15) is 9.90 Å². The standard InChI is InChI=1S/C11H16ClN3O2S/c12-11-15-14-10(18-11)9(17)13-5-7-3-1-2-4-8(7)6-16/h7-8,16H,1-6H2,(H,13,17). The molecule has 0 aliphatic heterocycles. The molecule has 1 aromatic rings. The summed E-state index contributed by atoms with van der Waals surface area (Å²) in [5.74, 6) is 0.426. The van der Waals surface area contributed by atoms with Crippen LogP contribution in [-0.4, -0.2) is 34.4 Å². The van der Waals surface area contributed by atoms with E-state index in [1.165, 1.54) is 12.8 Å². The Labute approximate surface area is 115 Å². The van der Waals surface area contributed by atoms with E-state index in [2.05, 4.69) is 15.5 Å². The Balaban J connectivity index is 1.85. The van der Waals surface area contributed by atoms with Crippen molar-refractivity contribution in [2.24, 2.45) is 11.8 Å². The quantitative estimate of drug-likeness (QED) is 0.885. The van der Waals surface area contributed by atoms with E-state index in [0.29, 0.717) is 18.4 Å². The van der Waals surface area contributed by atoms with Gasteiger partial charge < -0.3 is 10.4 Å². The van der Waals surface area contributed by atoms with Gasteiger partial charge in [0.05, 0.1) is 0 Å². The van der Waals surface area contributed by atoms with Gasteiger partial charge in [-0.2, -0.15) is 0 Å². The number of halogens is 1. The average Bonchev–Trinajstić information content (AvgIpc) is 2.83. The largest absolute Gasteiger partial charge is 0.396 e. The predicted molar refractivity (Wildman–Crippen MR) is 69.8 cm³/mol. The minimum atomic E-state index is -0.235. The third-order valence-electron chi connectivity index (χ3n) is 3.42. The van der Waals surface area contributed by atoms with Gasteiger partial charge in [0.25, 0.3) is 5.91 Å². The number of hydrogen-bond donors (Lipinski definition) is 2. The monoisotopic (exact) mass is 289 g/mol. The smallest absolute Gasteiger partial charge is 0.282 e. The highest BCUT2D eigenvalue weighted by Crippen LogP contribution is 2.29. The van der Waals surface area contributed by atoms with Crippen LogP contribution in [0.4, 0.5) is 0 Å². The molecule has 1 aliphatic carbocycles. The van der Waals surface area contributed by atoms with Crippen LogP contribution in [0.5, 0.6) is 0 Å². The molecule has 5 nitrogen and oxygen atoms in total. The predicted octanol–water partition coefficient (Wildman–Crippen LogP) is 1.72. The lowest BCUT2D eigenvalue weighted by Crippen LogP contribution is -2.35. The van der Waals surface area contributed by atoms with E-state index in [-0.39, 0.29) is 22.0 Å². The van der Waals surface area contributed by atoms with Gasteiger partial charge in [0.2, 0.25) is 9.47 Å². The van der Waals surface area contributed by atoms with E-state index in [0.717, 1.165) is 24.2 Å². The van der Waals surface area contributed by atoms with Gasteiger partial charge in [-0.1, -0.05) is 24.2 Å². The summed E-state index contributed by atoms with van der Waals surface area (Å²) in [5.41, 5.74) is 0. The number of nitrogens with one attached hydrogen (secondary N) is 1. The molecule has 0 bridgehead atoms. The summed E-state index contributed by atoms with van der Waals surface area (Å²) in [5, 5.41) is 19.7. The van der Waals surface area contributed by atoms with Crippen molar-refractivity contribution in [3.05, 3.63) is 9.47 Å². The summed E-state index contributed by atoms with van der Waals surface area (Å²) in [6.45, 7) is 0.784. The number of carbonyl (C=O) groups is 1. The Hall–Kier alpha value is -0.720. The molecule has 1 saturated carbocycles. The topological polar surface area (TPSA) is 75.1 Å².